The molecular formula is C12H15Cl2NO2. The lowest BCUT2D eigenvalue weighted by molar-refractivity contribution is 0.0949. The van der Waals surface area contributed by atoms with Crippen LogP contribution in [0.25, 0.3) is 0 Å². The first-order chi connectivity index (χ1) is 8.04. The summed E-state index contributed by atoms with van der Waals surface area (Å²) in [7, 11) is 1.57. The number of ether oxygens (including phenoxy) is 1. The van der Waals surface area contributed by atoms with Gasteiger partial charge in [-0.2, -0.15) is 0 Å². The molecule has 1 unspecified atom stereocenters. The molecule has 0 saturated heterocycles. The van der Waals surface area contributed by atoms with Crippen LogP contribution < -0.4 is 5.32 Å². The first kappa shape index (κ1) is 14.3. The number of benzene rings is 1. The van der Waals surface area contributed by atoms with Crippen LogP contribution in [-0.4, -0.2) is 31.5 Å². The Kier molecular flexibility index (Phi) is 5.75. The Morgan fingerprint density at radius 2 is 2.24 bits per heavy atom. The molecule has 1 amide bonds. The molecule has 17 heavy (non-hydrogen) atoms. The van der Waals surface area contributed by atoms with Gasteiger partial charge in [0.15, 0.2) is 0 Å². The van der Waals surface area contributed by atoms with E-state index in [1.807, 2.05) is 13.0 Å². The Labute approximate surface area is 111 Å². The van der Waals surface area contributed by atoms with Crippen LogP contribution in [0, 0.1) is 6.92 Å². The molecule has 1 rings (SSSR count). The van der Waals surface area contributed by atoms with Gasteiger partial charge < -0.3 is 10.1 Å². The summed E-state index contributed by atoms with van der Waals surface area (Å²) in [6.45, 7) is 2.65. The average molecular weight is 276 g/mol. The number of hydrogen-bond acceptors (Lipinski definition) is 2. The van der Waals surface area contributed by atoms with Gasteiger partial charge in [-0.05, 0) is 24.6 Å². The van der Waals surface area contributed by atoms with Crippen LogP contribution in [0.1, 0.15) is 15.9 Å². The number of aryl methyl sites for hydroxylation is 1. The highest BCUT2D eigenvalue weighted by atomic mass is 35.5. The molecule has 0 spiro atoms. The molecule has 1 N–H and O–H groups in total. The molecule has 1 aromatic carbocycles. The van der Waals surface area contributed by atoms with Crippen molar-refractivity contribution in [1.29, 1.82) is 0 Å². The van der Waals surface area contributed by atoms with E-state index < -0.39 is 0 Å². The Morgan fingerprint density at radius 1 is 1.53 bits per heavy atom. The molecule has 0 fully saturated rings. The third kappa shape index (κ3) is 4.54. The maximum absolute atomic E-state index is 11.7. The predicted molar refractivity (Wildman–Crippen MR) is 70.0 cm³/mol. The van der Waals surface area contributed by atoms with Crippen LogP contribution in [0.2, 0.25) is 5.02 Å². The normalized spacial score (nSPS) is 12.2. The van der Waals surface area contributed by atoms with Crippen LogP contribution in [0.3, 0.4) is 0 Å². The van der Waals surface area contributed by atoms with E-state index in [1.54, 1.807) is 19.2 Å². The zero-order valence-corrected chi connectivity index (χ0v) is 11.3. The molecule has 0 saturated carbocycles. The zero-order valence-electron chi connectivity index (χ0n) is 9.80. The zero-order chi connectivity index (χ0) is 12.8. The molecule has 94 valence electrons. The highest BCUT2D eigenvalue weighted by molar-refractivity contribution is 6.31. The number of hydrogen-bond donors (Lipinski definition) is 1. The molecule has 3 nitrogen and oxygen atoms in total. The van der Waals surface area contributed by atoms with Crippen LogP contribution in [0.4, 0.5) is 0 Å². The Bertz CT molecular complexity index is 396. The molecule has 0 aromatic heterocycles. The number of carbonyl (C=O) groups excluding carboxylic acids is 1. The number of carbonyl (C=O) groups is 1. The van der Waals surface area contributed by atoms with Crippen molar-refractivity contribution in [3.05, 3.63) is 34.3 Å². The number of nitrogens with one attached hydrogen (secondary N) is 1. The number of alkyl halides is 1. The summed E-state index contributed by atoms with van der Waals surface area (Å²) >= 11 is 11.8. The van der Waals surface area contributed by atoms with Crippen LogP contribution in [-0.2, 0) is 4.74 Å². The maximum Gasteiger partial charge on any atom is 0.251 e. The van der Waals surface area contributed by atoms with E-state index in [0.29, 0.717) is 23.7 Å². The van der Waals surface area contributed by atoms with E-state index in [9.17, 15) is 4.79 Å². The molecule has 0 aliphatic rings. The standard InChI is InChI=1S/C12H15Cl2NO2/c1-8-3-4-9(5-11(8)14)12(16)15-6-10(13)7-17-2/h3-5,10H,6-7H2,1-2H3,(H,15,16). The van der Waals surface area contributed by atoms with Gasteiger partial charge in [-0.15, -0.1) is 11.6 Å². The molecule has 0 heterocycles. The molecule has 0 bridgehead atoms. The third-order valence-corrected chi connectivity index (χ3v) is 2.95. The Balaban J connectivity index is 2.55. The summed E-state index contributed by atoms with van der Waals surface area (Å²) in [5, 5.41) is 3.07. The van der Waals surface area contributed by atoms with Crippen LogP contribution in [0.15, 0.2) is 18.2 Å². The molecule has 0 radical (unpaired) electrons. The highest BCUT2D eigenvalue weighted by Gasteiger charge is 2.09. The Morgan fingerprint density at radius 3 is 2.82 bits per heavy atom. The predicted octanol–water partition coefficient (Wildman–Crippen LogP) is 2.63. The van der Waals surface area contributed by atoms with Crippen molar-refractivity contribution in [1.82, 2.24) is 5.32 Å². The minimum Gasteiger partial charge on any atom is -0.383 e. The summed E-state index contributed by atoms with van der Waals surface area (Å²) in [4.78, 5) is 11.7. The van der Waals surface area contributed by atoms with Gasteiger partial charge >= 0.3 is 0 Å². The van der Waals surface area contributed by atoms with Crippen molar-refractivity contribution >= 4 is 29.1 Å². The first-order valence-corrected chi connectivity index (χ1v) is 6.03. The molecule has 1 aromatic rings. The minimum atomic E-state index is -0.232. The van der Waals surface area contributed by atoms with Gasteiger partial charge in [0, 0.05) is 24.2 Å². The number of amides is 1. The lowest BCUT2D eigenvalue weighted by Gasteiger charge is -2.10. The smallest absolute Gasteiger partial charge is 0.251 e. The molecule has 0 aliphatic heterocycles. The van der Waals surface area contributed by atoms with Crippen LogP contribution in [0.5, 0.6) is 0 Å². The van der Waals surface area contributed by atoms with Gasteiger partial charge in [0.05, 0.1) is 12.0 Å². The van der Waals surface area contributed by atoms with Crippen molar-refractivity contribution in [2.75, 3.05) is 20.3 Å². The van der Waals surface area contributed by atoms with E-state index in [0.717, 1.165) is 5.56 Å². The third-order valence-electron chi connectivity index (χ3n) is 2.27. The van der Waals surface area contributed by atoms with E-state index in [4.69, 9.17) is 27.9 Å². The molecule has 1 atom stereocenters. The fourth-order valence-electron chi connectivity index (χ4n) is 1.28. The summed E-state index contributed by atoms with van der Waals surface area (Å²) in [5.74, 6) is -0.186. The molecular weight excluding hydrogens is 261 g/mol. The van der Waals surface area contributed by atoms with Crippen molar-refractivity contribution < 1.29 is 9.53 Å². The molecule has 5 heteroatoms. The second kappa shape index (κ2) is 6.84. The van der Waals surface area contributed by atoms with Gasteiger partial charge in [0.25, 0.3) is 5.91 Å². The van der Waals surface area contributed by atoms with E-state index in [-0.39, 0.29) is 11.3 Å². The maximum atomic E-state index is 11.7. The summed E-state index contributed by atoms with van der Waals surface area (Å²) in [6, 6.07) is 5.19. The number of rotatable bonds is 5. The number of halogens is 2. The second-order valence-electron chi connectivity index (χ2n) is 3.73. The largest absolute Gasteiger partial charge is 0.383 e. The SMILES string of the molecule is COCC(Cl)CNC(=O)c1ccc(C)c(Cl)c1. The highest BCUT2D eigenvalue weighted by Crippen LogP contribution is 2.16. The summed E-state index contributed by atoms with van der Waals surface area (Å²) in [5.41, 5.74) is 1.47. The fourth-order valence-corrected chi connectivity index (χ4v) is 1.66. The van der Waals surface area contributed by atoms with E-state index in [1.165, 1.54) is 0 Å². The first-order valence-electron chi connectivity index (χ1n) is 5.22. The quantitative estimate of drug-likeness (QED) is 0.839. The Hall–Kier alpha value is -0.770. The topological polar surface area (TPSA) is 38.3 Å². The van der Waals surface area contributed by atoms with Gasteiger partial charge in [-0.1, -0.05) is 17.7 Å². The van der Waals surface area contributed by atoms with Gasteiger partial charge in [-0.25, -0.2) is 0 Å². The van der Waals surface area contributed by atoms with Crippen molar-refractivity contribution in [2.45, 2.75) is 12.3 Å². The monoisotopic (exact) mass is 275 g/mol. The second-order valence-corrected chi connectivity index (χ2v) is 4.75. The van der Waals surface area contributed by atoms with Crippen molar-refractivity contribution in [3.8, 4) is 0 Å². The van der Waals surface area contributed by atoms with Crippen molar-refractivity contribution in [3.63, 3.8) is 0 Å². The average Bonchev–Trinajstić information content (AvgIpc) is 2.30. The fraction of sp³-hybridized carbons (Fsp3) is 0.417. The lowest BCUT2D eigenvalue weighted by atomic mass is 10.1. The summed E-state index contributed by atoms with van der Waals surface area (Å²) in [6.07, 6.45) is 0. The summed E-state index contributed by atoms with van der Waals surface area (Å²) < 4.78 is 4.87. The van der Waals surface area contributed by atoms with E-state index >= 15 is 0 Å². The van der Waals surface area contributed by atoms with E-state index in [2.05, 4.69) is 5.32 Å². The number of methoxy groups -OCH3 is 1. The van der Waals surface area contributed by atoms with Gasteiger partial charge in [0.2, 0.25) is 0 Å². The lowest BCUT2D eigenvalue weighted by Crippen LogP contribution is -2.31. The minimum absolute atomic E-state index is 0.186. The van der Waals surface area contributed by atoms with Crippen molar-refractivity contribution in [2.24, 2.45) is 0 Å². The molecule has 0 aliphatic carbocycles. The van der Waals surface area contributed by atoms with Gasteiger partial charge in [0.1, 0.15) is 0 Å². The van der Waals surface area contributed by atoms with Gasteiger partial charge in [-0.3, -0.25) is 4.79 Å². The van der Waals surface area contributed by atoms with Crippen LogP contribution >= 0.6 is 23.2 Å².